The molecule has 1 aromatic carbocycles. The van der Waals surface area contributed by atoms with Crippen LogP contribution in [0.25, 0.3) is 0 Å². The normalized spacial score (nSPS) is 20.7. The fourth-order valence-electron chi connectivity index (χ4n) is 4.55. The summed E-state index contributed by atoms with van der Waals surface area (Å²) in [4.78, 5) is 23.5. The van der Waals surface area contributed by atoms with Crippen LogP contribution in [0.4, 0.5) is 11.6 Å². The van der Waals surface area contributed by atoms with Gasteiger partial charge in [-0.25, -0.2) is 9.97 Å². The van der Waals surface area contributed by atoms with Crippen molar-refractivity contribution in [3.8, 4) is 12.3 Å². The molecule has 7 nitrogen and oxygen atoms in total. The van der Waals surface area contributed by atoms with E-state index >= 15 is 0 Å². The van der Waals surface area contributed by atoms with Gasteiger partial charge in [-0.2, -0.15) is 5.10 Å². The predicted octanol–water partition coefficient (Wildman–Crippen LogP) is 3.70. The zero-order valence-electron chi connectivity index (χ0n) is 17.6. The predicted molar refractivity (Wildman–Crippen MR) is 117 cm³/mol. The number of nitrogens with zero attached hydrogens (tertiary/aromatic N) is 4. The summed E-state index contributed by atoms with van der Waals surface area (Å²) in [6.45, 7) is 4.62. The second-order valence-corrected chi connectivity index (χ2v) is 8.72. The van der Waals surface area contributed by atoms with Crippen molar-refractivity contribution < 1.29 is 4.79 Å². The molecule has 1 unspecified atom stereocenters. The van der Waals surface area contributed by atoms with E-state index in [0.29, 0.717) is 42.3 Å². The monoisotopic (exact) mass is 412 g/mol. The van der Waals surface area contributed by atoms with Crippen molar-refractivity contribution in [2.45, 2.75) is 44.7 Å². The fourth-order valence-corrected chi connectivity index (χ4v) is 4.55. The smallest absolute Gasteiger partial charge is 0.223 e. The molecule has 3 aromatic rings. The number of H-pyrrole nitrogens is 1. The third-order valence-electron chi connectivity index (χ3n) is 6.39. The highest BCUT2D eigenvalue weighted by Gasteiger charge is 2.46. The standard InChI is InChI=1S/C24H24N6O/c1-4-19-25-11-10-20(26-19)27-23-18-14-30(24(2,3)22(18)28-29-23)21(31)13-16-12-17(16)15-8-6-5-7-9-15/h1,5-11,16-17H,12-14H2,2-3H3,(H2,25,26,27,28,29)/t16?,17-/m0/s1. The molecule has 7 heteroatoms. The zero-order valence-corrected chi connectivity index (χ0v) is 17.6. The van der Waals surface area contributed by atoms with E-state index in [-0.39, 0.29) is 5.91 Å². The average molecular weight is 412 g/mol. The number of carbonyl (C=O) groups excluding carboxylic acids is 1. The molecule has 1 aliphatic carbocycles. The van der Waals surface area contributed by atoms with Crippen LogP contribution in [0, 0.1) is 18.3 Å². The van der Waals surface area contributed by atoms with E-state index in [2.05, 4.69) is 69.5 Å². The van der Waals surface area contributed by atoms with Crippen molar-refractivity contribution in [2.75, 3.05) is 5.32 Å². The van der Waals surface area contributed by atoms with Gasteiger partial charge in [0.25, 0.3) is 0 Å². The Morgan fingerprint density at radius 3 is 2.90 bits per heavy atom. The number of nitrogens with one attached hydrogen (secondary N) is 2. The summed E-state index contributed by atoms with van der Waals surface area (Å²) in [5.74, 6) is 5.07. The first-order valence-corrected chi connectivity index (χ1v) is 10.5. The van der Waals surface area contributed by atoms with Crippen LogP contribution in [0.15, 0.2) is 42.6 Å². The van der Waals surface area contributed by atoms with Crippen molar-refractivity contribution >= 4 is 17.5 Å². The van der Waals surface area contributed by atoms with Gasteiger partial charge >= 0.3 is 0 Å². The Balaban J connectivity index is 1.30. The molecule has 2 aromatic heterocycles. The summed E-state index contributed by atoms with van der Waals surface area (Å²) < 4.78 is 0. The Labute approximate surface area is 181 Å². The lowest BCUT2D eigenvalue weighted by atomic mass is 10.00. The Kier molecular flexibility index (Phi) is 4.51. The molecule has 0 saturated heterocycles. The van der Waals surface area contributed by atoms with Gasteiger partial charge in [-0.15, -0.1) is 6.42 Å². The number of fused-ring (bicyclic) bond motifs is 1. The molecule has 2 atom stereocenters. The van der Waals surface area contributed by atoms with Gasteiger partial charge in [0.2, 0.25) is 11.7 Å². The summed E-state index contributed by atoms with van der Waals surface area (Å²) >= 11 is 0. The quantitative estimate of drug-likeness (QED) is 0.624. The van der Waals surface area contributed by atoms with Crippen LogP contribution in [0.1, 0.15) is 55.3 Å². The number of rotatable bonds is 5. The molecule has 1 amide bonds. The summed E-state index contributed by atoms with van der Waals surface area (Å²) in [6, 6.07) is 12.2. The number of anilines is 2. The van der Waals surface area contributed by atoms with Crippen molar-refractivity contribution in [3.05, 3.63) is 65.2 Å². The van der Waals surface area contributed by atoms with Gasteiger partial charge < -0.3 is 10.2 Å². The molecule has 0 spiro atoms. The van der Waals surface area contributed by atoms with Gasteiger partial charge in [0.15, 0.2) is 5.82 Å². The molecular formula is C24H24N6O. The van der Waals surface area contributed by atoms with Crippen LogP contribution < -0.4 is 5.32 Å². The van der Waals surface area contributed by atoms with Gasteiger partial charge in [0, 0.05) is 18.2 Å². The second-order valence-electron chi connectivity index (χ2n) is 8.72. The number of carbonyl (C=O) groups is 1. The maximum absolute atomic E-state index is 13.2. The molecular weight excluding hydrogens is 388 g/mol. The number of benzene rings is 1. The summed E-state index contributed by atoms with van der Waals surface area (Å²) in [6.07, 6.45) is 8.65. The SMILES string of the molecule is C#Cc1nccc(Nc2n[nH]c3c2CN(C(=O)CC2C[C@H]2c2ccccc2)C3(C)C)n1. The third kappa shape index (κ3) is 3.44. The van der Waals surface area contributed by atoms with Crippen molar-refractivity contribution in [1.82, 2.24) is 25.1 Å². The molecule has 1 fully saturated rings. The molecule has 3 heterocycles. The lowest BCUT2D eigenvalue weighted by Crippen LogP contribution is -2.40. The first-order chi connectivity index (χ1) is 15.0. The van der Waals surface area contributed by atoms with Gasteiger partial charge in [-0.1, -0.05) is 30.3 Å². The van der Waals surface area contributed by atoms with Crippen molar-refractivity contribution in [2.24, 2.45) is 5.92 Å². The minimum atomic E-state index is -0.452. The minimum Gasteiger partial charge on any atom is -0.327 e. The van der Waals surface area contributed by atoms with E-state index < -0.39 is 5.54 Å². The van der Waals surface area contributed by atoms with Gasteiger partial charge in [-0.05, 0) is 49.7 Å². The van der Waals surface area contributed by atoms with Gasteiger partial charge in [-0.3, -0.25) is 9.89 Å². The van der Waals surface area contributed by atoms with Crippen LogP contribution in [-0.4, -0.2) is 31.0 Å². The molecule has 2 N–H and O–H groups in total. The Morgan fingerprint density at radius 2 is 2.13 bits per heavy atom. The van der Waals surface area contributed by atoms with E-state index in [4.69, 9.17) is 6.42 Å². The molecule has 31 heavy (non-hydrogen) atoms. The van der Waals surface area contributed by atoms with E-state index in [1.165, 1.54) is 5.56 Å². The molecule has 0 bridgehead atoms. The summed E-state index contributed by atoms with van der Waals surface area (Å²) in [7, 11) is 0. The first kappa shape index (κ1) is 19.3. The number of amides is 1. The first-order valence-electron chi connectivity index (χ1n) is 10.5. The van der Waals surface area contributed by atoms with Crippen molar-refractivity contribution in [3.63, 3.8) is 0 Å². The molecule has 5 rings (SSSR count). The zero-order chi connectivity index (χ0) is 21.6. The van der Waals surface area contributed by atoms with Crippen molar-refractivity contribution in [1.29, 1.82) is 0 Å². The number of hydrogen-bond acceptors (Lipinski definition) is 5. The molecule has 1 saturated carbocycles. The lowest BCUT2D eigenvalue weighted by molar-refractivity contribution is -0.137. The van der Waals surface area contributed by atoms with E-state index in [9.17, 15) is 4.79 Å². The summed E-state index contributed by atoms with van der Waals surface area (Å²) in [5.41, 5.74) is 2.81. The molecule has 156 valence electrons. The molecule has 0 radical (unpaired) electrons. The van der Waals surface area contributed by atoms with Crippen LogP contribution in [0.2, 0.25) is 0 Å². The van der Waals surface area contributed by atoms with Gasteiger partial charge in [0.05, 0.1) is 17.8 Å². The maximum atomic E-state index is 13.2. The Morgan fingerprint density at radius 1 is 1.32 bits per heavy atom. The molecule has 1 aliphatic heterocycles. The van der Waals surface area contributed by atoms with Crippen LogP contribution in [0.3, 0.4) is 0 Å². The van der Waals surface area contributed by atoms with Crippen LogP contribution >= 0.6 is 0 Å². The Hall–Kier alpha value is -3.66. The number of aromatic amines is 1. The highest BCUT2D eigenvalue weighted by atomic mass is 16.2. The van der Waals surface area contributed by atoms with Crippen LogP contribution in [-0.2, 0) is 16.9 Å². The average Bonchev–Trinajstić information content (AvgIpc) is 3.33. The number of terminal acetylenes is 1. The Bertz CT molecular complexity index is 1180. The van der Waals surface area contributed by atoms with E-state index in [0.717, 1.165) is 17.7 Å². The number of aromatic nitrogens is 4. The highest BCUT2D eigenvalue weighted by molar-refractivity contribution is 5.80. The topological polar surface area (TPSA) is 86.8 Å². The van der Waals surface area contributed by atoms with E-state index in [1.807, 2.05) is 11.0 Å². The van der Waals surface area contributed by atoms with Gasteiger partial charge in [0.1, 0.15) is 5.82 Å². The van der Waals surface area contributed by atoms with Crippen LogP contribution in [0.5, 0.6) is 0 Å². The highest BCUT2D eigenvalue weighted by Crippen LogP contribution is 2.51. The van der Waals surface area contributed by atoms with E-state index in [1.54, 1.807) is 12.3 Å². The maximum Gasteiger partial charge on any atom is 0.223 e. The summed E-state index contributed by atoms with van der Waals surface area (Å²) in [5, 5.41) is 10.8. The minimum absolute atomic E-state index is 0.181. The number of hydrogen-bond donors (Lipinski definition) is 2. The largest absolute Gasteiger partial charge is 0.327 e. The second kappa shape index (κ2) is 7.24. The fraction of sp³-hybridized carbons (Fsp3) is 0.333. The molecule has 2 aliphatic rings. The third-order valence-corrected chi connectivity index (χ3v) is 6.39. The lowest BCUT2D eigenvalue weighted by Gasteiger charge is -2.32.